The second kappa shape index (κ2) is 10.6. The largest absolute Gasteiger partial charge is 0.466 e. The molecule has 0 aliphatic heterocycles. The van der Waals surface area contributed by atoms with Crippen molar-refractivity contribution in [2.75, 3.05) is 7.11 Å². The second-order valence-electron chi connectivity index (χ2n) is 3.91. The summed E-state index contributed by atoms with van der Waals surface area (Å²) < 4.78 is 9.45. The molecule has 0 aromatic heterocycles. The minimum Gasteiger partial charge on any atom is -0.466 e. The van der Waals surface area contributed by atoms with Crippen LogP contribution in [0.25, 0.3) is 0 Å². The van der Waals surface area contributed by atoms with Gasteiger partial charge in [0.05, 0.1) is 7.11 Å². The summed E-state index contributed by atoms with van der Waals surface area (Å²) in [7, 11) is 1.30. The van der Waals surface area contributed by atoms with Crippen LogP contribution < -0.4 is 0 Å². The molecule has 0 saturated carbocycles. The van der Waals surface area contributed by atoms with Gasteiger partial charge in [0.25, 0.3) is 0 Å². The van der Waals surface area contributed by atoms with Gasteiger partial charge >= 0.3 is 11.9 Å². The lowest BCUT2D eigenvalue weighted by atomic mass is 10.1. The maximum Gasteiger partial charge on any atom is 0.330 e. The molecule has 0 unspecified atom stereocenters. The first-order valence-electron chi connectivity index (χ1n) is 6.24. The van der Waals surface area contributed by atoms with Crippen molar-refractivity contribution in [2.24, 2.45) is 0 Å². The van der Waals surface area contributed by atoms with E-state index < -0.39 is 11.9 Å². The molecule has 0 aliphatic carbocycles. The number of ether oxygens (including phenoxy) is 2. The Morgan fingerprint density at radius 3 is 2.39 bits per heavy atom. The molecule has 0 saturated heterocycles. The predicted molar refractivity (Wildman–Crippen MR) is 69.8 cm³/mol. The third-order valence-electron chi connectivity index (χ3n) is 2.25. The number of rotatable bonds is 8. The van der Waals surface area contributed by atoms with Gasteiger partial charge in [-0.15, -0.1) is 0 Å². The maximum atomic E-state index is 10.9. The fourth-order valence-corrected chi connectivity index (χ4v) is 1.34. The number of hydrogen-bond acceptors (Lipinski definition) is 4. The SMILES string of the molecule is CCCCCC/C=C(/C=C/C(=O)OC)OC(C)=O. The summed E-state index contributed by atoms with van der Waals surface area (Å²) in [5.74, 6) is -0.479. The summed E-state index contributed by atoms with van der Waals surface area (Å²) in [6.07, 6.45) is 9.92. The molecule has 0 fully saturated rings. The Kier molecular flexibility index (Phi) is 9.64. The van der Waals surface area contributed by atoms with Crippen molar-refractivity contribution >= 4 is 11.9 Å². The molecule has 0 spiro atoms. The van der Waals surface area contributed by atoms with Crippen LogP contribution in [0.4, 0.5) is 0 Å². The van der Waals surface area contributed by atoms with Crippen LogP contribution in [0.5, 0.6) is 0 Å². The number of hydrogen-bond donors (Lipinski definition) is 0. The minimum atomic E-state index is -0.473. The molecular weight excluding hydrogens is 232 g/mol. The van der Waals surface area contributed by atoms with E-state index in [1.165, 1.54) is 39.0 Å². The van der Waals surface area contributed by atoms with E-state index in [0.717, 1.165) is 19.3 Å². The number of methoxy groups -OCH3 is 1. The van der Waals surface area contributed by atoms with Gasteiger partial charge in [-0.05, 0) is 25.0 Å². The zero-order valence-corrected chi connectivity index (χ0v) is 11.4. The molecule has 0 radical (unpaired) electrons. The van der Waals surface area contributed by atoms with Gasteiger partial charge in [0.15, 0.2) is 0 Å². The zero-order valence-electron chi connectivity index (χ0n) is 11.4. The average molecular weight is 254 g/mol. The quantitative estimate of drug-likeness (QED) is 0.219. The maximum absolute atomic E-state index is 10.9. The lowest BCUT2D eigenvalue weighted by Crippen LogP contribution is -1.99. The van der Waals surface area contributed by atoms with Gasteiger partial charge in [-0.3, -0.25) is 4.79 Å². The number of unbranched alkanes of at least 4 members (excludes halogenated alkanes) is 4. The van der Waals surface area contributed by atoms with Crippen molar-refractivity contribution < 1.29 is 19.1 Å². The van der Waals surface area contributed by atoms with Crippen molar-refractivity contribution in [3.63, 3.8) is 0 Å². The standard InChI is InChI=1S/C14H22O4/c1-4-5-6-7-8-9-13(18-12(2)15)10-11-14(16)17-3/h9-11H,4-8H2,1-3H3/b11-10+,13-9-. The van der Waals surface area contributed by atoms with E-state index in [9.17, 15) is 9.59 Å². The molecule has 102 valence electrons. The minimum absolute atomic E-state index is 0.393. The van der Waals surface area contributed by atoms with Crippen molar-refractivity contribution in [3.8, 4) is 0 Å². The van der Waals surface area contributed by atoms with Crippen LogP contribution in [-0.2, 0) is 19.1 Å². The Balaban J connectivity index is 4.29. The molecule has 4 nitrogen and oxygen atoms in total. The number of carbonyl (C=O) groups excluding carboxylic acids is 2. The Labute approximate surface area is 109 Å². The highest BCUT2D eigenvalue weighted by Gasteiger charge is 2.00. The zero-order chi connectivity index (χ0) is 13.8. The molecule has 4 heteroatoms. The summed E-state index contributed by atoms with van der Waals surface area (Å²) in [6.45, 7) is 3.48. The Bertz CT molecular complexity index is 316. The molecule has 0 heterocycles. The molecule has 0 aromatic rings. The first-order chi connectivity index (χ1) is 8.60. The van der Waals surface area contributed by atoms with Crippen LogP contribution in [0.1, 0.15) is 46.0 Å². The fraction of sp³-hybridized carbons (Fsp3) is 0.571. The topological polar surface area (TPSA) is 52.6 Å². The average Bonchev–Trinajstić information content (AvgIpc) is 2.34. The first kappa shape index (κ1) is 16.4. The van der Waals surface area contributed by atoms with Crippen LogP contribution >= 0.6 is 0 Å². The molecule has 0 atom stereocenters. The molecular formula is C14H22O4. The van der Waals surface area contributed by atoms with Gasteiger partial charge in [0.1, 0.15) is 5.76 Å². The molecule has 0 amide bonds. The Morgan fingerprint density at radius 1 is 1.11 bits per heavy atom. The summed E-state index contributed by atoms with van der Waals surface area (Å²) in [4.78, 5) is 21.8. The Hall–Kier alpha value is -1.58. The molecule has 18 heavy (non-hydrogen) atoms. The van der Waals surface area contributed by atoms with Crippen LogP contribution in [0.15, 0.2) is 24.0 Å². The van der Waals surface area contributed by atoms with Crippen molar-refractivity contribution in [1.82, 2.24) is 0 Å². The summed E-state index contributed by atoms with van der Waals surface area (Å²) in [5.41, 5.74) is 0. The van der Waals surface area contributed by atoms with Crippen LogP contribution in [0.2, 0.25) is 0 Å². The third-order valence-corrected chi connectivity index (χ3v) is 2.25. The molecule has 0 bridgehead atoms. The van der Waals surface area contributed by atoms with Gasteiger partial charge in [-0.2, -0.15) is 0 Å². The second-order valence-corrected chi connectivity index (χ2v) is 3.91. The van der Waals surface area contributed by atoms with E-state index in [4.69, 9.17) is 4.74 Å². The lowest BCUT2D eigenvalue weighted by Gasteiger charge is -2.02. The summed E-state index contributed by atoms with van der Waals surface area (Å²) in [6, 6.07) is 0. The van der Waals surface area contributed by atoms with Crippen LogP contribution in [-0.4, -0.2) is 19.0 Å². The van der Waals surface area contributed by atoms with E-state index in [1.54, 1.807) is 0 Å². The predicted octanol–water partition coefficient (Wildman–Crippen LogP) is 3.13. The van der Waals surface area contributed by atoms with Gasteiger partial charge in [-0.25, -0.2) is 4.79 Å². The molecule has 0 rings (SSSR count). The van der Waals surface area contributed by atoms with E-state index >= 15 is 0 Å². The summed E-state index contributed by atoms with van der Waals surface area (Å²) in [5, 5.41) is 0. The Morgan fingerprint density at radius 2 is 1.83 bits per heavy atom. The van der Waals surface area contributed by atoms with E-state index in [2.05, 4.69) is 11.7 Å². The van der Waals surface area contributed by atoms with Crippen molar-refractivity contribution in [2.45, 2.75) is 46.0 Å². The van der Waals surface area contributed by atoms with Gasteiger partial charge in [0.2, 0.25) is 0 Å². The van der Waals surface area contributed by atoms with Gasteiger partial charge in [-0.1, -0.05) is 26.2 Å². The van der Waals surface area contributed by atoms with Crippen LogP contribution in [0.3, 0.4) is 0 Å². The van der Waals surface area contributed by atoms with E-state index in [-0.39, 0.29) is 0 Å². The number of allylic oxidation sites excluding steroid dienone is 2. The van der Waals surface area contributed by atoms with Gasteiger partial charge in [0, 0.05) is 13.0 Å². The number of carbonyl (C=O) groups is 2. The normalized spacial score (nSPS) is 11.6. The van der Waals surface area contributed by atoms with E-state index in [1.807, 2.05) is 6.08 Å². The van der Waals surface area contributed by atoms with Crippen LogP contribution in [0, 0.1) is 0 Å². The van der Waals surface area contributed by atoms with Crippen molar-refractivity contribution in [1.29, 1.82) is 0 Å². The monoisotopic (exact) mass is 254 g/mol. The molecule has 0 aromatic carbocycles. The highest BCUT2D eigenvalue weighted by molar-refractivity contribution is 5.82. The van der Waals surface area contributed by atoms with Crippen molar-refractivity contribution in [3.05, 3.63) is 24.0 Å². The highest BCUT2D eigenvalue weighted by Crippen LogP contribution is 2.08. The summed E-state index contributed by atoms with van der Waals surface area (Å²) >= 11 is 0. The fourth-order valence-electron chi connectivity index (χ4n) is 1.34. The first-order valence-corrected chi connectivity index (χ1v) is 6.24. The molecule has 0 N–H and O–H groups in total. The number of esters is 2. The van der Waals surface area contributed by atoms with E-state index in [0.29, 0.717) is 5.76 Å². The molecule has 0 aliphatic rings. The van der Waals surface area contributed by atoms with Gasteiger partial charge < -0.3 is 9.47 Å². The highest BCUT2D eigenvalue weighted by atomic mass is 16.5. The lowest BCUT2D eigenvalue weighted by molar-refractivity contribution is -0.137. The third kappa shape index (κ3) is 9.63. The smallest absolute Gasteiger partial charge is 0.330 e.